The molecule has 0 amide bonds. The van der Waals surface area contributed by atoms with Crippen molar-refractivity contribution in [2.75, 3.05) is 13.2 Å². The summed E-state index contributed by atoms with van der Waals surface area (Å²) in [6.45, 7) is 3.23. The number of carboxylic acid groups (broad SMARTS) is 1. The quantitative estimate of drug-likeness (QED) is 0.500. The third-order valence-corrected chi connectivity index (χ3v) is 4.07. The van der Waals surface area contributed by atoms with Crippen LogP contribution in [0.4, 0.5) is 0 Å². The first-order valence-electron chi connectivity index (χ1n) is 8.02. The summed E-state index contributed by atoms with van der Waals surface area (Å²) >= 11 is 5.92. The summed E-state index contributed by atoms with van der Waals surface area (Å²) in [6.07, 6.45) is 1.24. The fraction of sp³-hybridized carbons (Fsp3) is 0.294. The molecule has 136 valence electrons. The summed E-state index contributed by atoms with van der Waals surface area (Å²) in [5.41, 5.74) is 1.11. The minimum absolute atomic E-state index is 0.00672. The highest BCUT2D eigenvalue weighted by Gasteiger charge is 2.17. The van der Waals surface area contributed by atoms with Crippen LogP contribution in [-0.2, 0) is 17.8 Å². The number of hydrogen-bond donors (Lipinski definition) is 1. The number of carbonyl (C=O) groups is 1. The normalized spacial score (nSPS) is 11.2. The maximum Gasteiger partial charge on any atom is 0.337 e. The number of pyridine rings is 2. The average molecular weight is 377 g/mol. The van der Waals surface area contributed by atoms with Crippen molar-refractivity contribution in [2.24, 2.45) is 0 Å². The molecule has 8 nitrogen and oxygen atoms in total. The van der Waals surface area contributed by atoms with Crippen molar-refractivity contribution in [2.45, 2.75) is 20.0 Å². The standard InChI is InChI=1S/C17H17ClN4O4/c1-2-26-7-6-21-15-13(8-11(9-19-15)16(23)24)22(17(21)25)10-12-4-3-5-14(18)20-12/h3-5,8-9H,2,6-7,10H2,1H3,(H,23,24). The van der Waals surface area contributed by atoms with Gasteiger partial charge in [-0.05, 0) is 25.1 Å². The molecule has 3 heterocycles. The molecule has 0 unspecified atom stereocenters. The number of halogens is 1. The molecule has 0 aliphatic heterocycles. The molecule has 1 N–H and O–H groups in total. The number of ether oxygens (including phenoxy) is 1. The fourth-order valence-corrected chi connectivity index (χ4v) is 2.85. The molecule has 26 heavy (non-hydrogen) atoms. The van der Waals surface area contributed by atoms with Crippen molar-refractivity contribution in [1.29, 1.82) is 0 Å². The highest BCUT2D eigenvalue weighted by atomic mass is 35.5. The van der Waals surface area contributed by atoms with Gasteiger partial charge in [-0.1, -0.05) is 17.7 Å². The third kappa shape index (κ3) is 3.61. The van der Waals surface area contributed by atoms with Gasteiger partial charge in [0.05, 0.1) is 36.5 Å². The zero-order chi connectivity index (χ0) is 18.7. The Morgan fingerprint density at radius 3 is 2.85 bits per heavy atom. The van der Waals surface area contributed by atoms with E-state index in [0.29, 0.717) is 41.8 Å². The SMILES string of the molecule is CCOCCn1c(=O)n(Cc2cccc(Cl)n2)c2cc(C(=O)O)cnc21. The summed E-state index contributed by atoms with van der Waals surface area (Å²) in [5.74, 6) is -1.11. The second kappa shape index (κ2) is 7.67. The lowest BCUT2D eigenvalue weighted by Gasteiger charge is -2.03. The number of hydrogen-bond acceptors (Lipinski definition) is 5. The molecule has 0 saturated heterocycles. The van der Waals surface area contributed by atoms with Crippen LogP contribution in [0.15, 0.2) is 35.3 Å². The predicted molar refractivity (Wildman–Crippen MR) is 95.8 cm³/mol. The number of imidazole rings is 1. The second-order valence-electron chi connectivity index (χ2n) is 5.54. The number of nitrogens with zero attached hydrogens (tertiary/aromatic N) is 4. The van der Waals surface area contributed by atoms with E-state index in [9.17, 15) is 14.7 Å². The molecule has 3 aromatic rings. The summed E-state index contributed by atoms with van der Waals surface area (Å²) in [4.78, 5) is 32.5. The molecule has 3 rings (SSSR count). The van der Waals surface area contributed by atoms with Gasteiger partial charge in [0.25, 0.3) is 0 Å². The lowest BCUT2D eigenvalue weighted by atomic mass is 10.2. The summed E-state index contributed by atoms with van der Waals surface area (Å²) in [7, 11) is 0. The molecule has 0 fully saturated rings. The Kier molecular flexibility index (Phi) is 5.34. The lowest BCUT2D eigenvalue weighted by molar-refractivity contribution is 0.0696. The van der Waals surface area contributed by atoms with E-state index in [-0.39, 0.29) is 17.8 Å². The number of aromatic nitrogens is 4. The minimum atomic E-state index is -1.11. The maximum absolute atomic E-state index is 12.9. The van der Waals surface area contributed by atoms with E-state index < -0.39 is 5.97 Å². The summed E-state index contributed by atoms with van der Waals surface area (Å²) < 4.78 is 8.24. The van der Waals surface area contributed by atoms with Crippen LogP contribution < -0.4 is 5.69 Å². The number of aromatic carboxylic acids is 1. The monoisotopic (exact) mass is 376 g/mol. The first-order chi connectivity index (χ1) is 12.5. The van der Waals surface area contributed by atoms with Crippen LogP contribution in [0.25, 0.3) is 11.2 Å². The van der Waals surface area contributed by atoms with E-state index in [2.05, 4.69) is 9.97 Å². The Morgan fingerprint density at radius 1 is 1.35 bits per heavy atom. The predicted octanol–water partition coefficient (Wildman–Crippen LogP) is 2.03. The van der Waals surface area contributed by atoms with Gasteiger partial charge in [-0.2, -0.15) is 0 Å². The summed E-state index contributed by atoms with van der Waals surface area (Å²) in [5, 5.41) is 9.55. The highest BCUT2D eigenvalue weighted by molar-refractivity contribution is 6.29. The van der Waals surface area contributed by atoms with E-state index in [1.165, 1.54) is 21.4 Å². The van der Waals surface area contributed by atoms with Crippen molar-refractivity contribution >= 4 is 28.7 Å². The van der Waals surface area contributed by atoms with Gasteiger partial charge >= 0.3 is 11.7 Å². The topological polar surface area (TPSA) is 99.2 Å². The molecule has 0 spiro atoms. The lowest BCUT2D eigenvalue weighted by Crippen LogP contribution is -2.26. The Hall–Kier alpha value is -2.71. The molecular formula is C17H17ClN4O4. The number of carboxylic acids is 1. The van der Waals surface area contributed by atoms with Gasteiger partial charge < -0.3 is 9.84 Å². The molecule has 0 aliphatic carbocycles. The molecule has 0 bridgehead atoms. The molecule has 0 atom stereocenters. The van der Waals surface area contributed by atoms with Crippen LogP contribution in [0, 0.1) is 0 Å². The van der Waals surface area contributed by atoms with Crippen LogP contribution >= 0.6 is 11.6 Å². The van der Waals surface area contributed by atoms with Crippen LogP contribution in [0.2, 0.25) is 5.15 Å². The fourth-order valence-electron chi connectivity index (χ4n) is 2.66. The van der Waals surface area contributed by atoms with Crippen molar-refractivity contribution < 1.29 is 14.6 Å². The molecule has 9 heteroatoms. The van der Waals surface area contributed by atoms with Gasteiger partial charge in [0, 0.05) is 12.8 Å². The molecule has 0 radical (unpaired) electrons. The number of rotatable bonds is 7. The molecule has 3 aromatic heterocycles. The zero-order valence-corrected chi connectivity index (χ0v) is 14.8. The van der Waals surface area contributed by atoms with Gasteiger partial charge in [-0.15, -0.1) is 0 Å². The van der Waals surface area contributed by atoms with Crippen LogP contribution in [-0.4, -0.2) is 43.4 Å². The van der Waals surface area contributed by atoms with Crippen LogP contribution in [0.1, 0.15) is 23.0 Å². The number of fused-ring (bicyclic) bond motifs is 1. The Labute approximate surface area is 153 Å². The first-order valence-corrected chi connectivity index (χ1v) is 8.40. The Morgan fingerprint density at radius 2 is 2.15 bits per heavy atom. The minimum Gasteiger partial charge on any atom is -0.478 e. The first kappa shape index (κ1) is 18.1. The molecule has 0 aromatic carbocycles. The zero-order valence-electron chi connectivity index (χ0n) is 14.1. The van der Waals surface area contributed by atoms with Gasteiger partial charge in [0.1, 0.15) is 5.15 Å². The largest absolute Gasteiger partial charge is 0.478 e. The maximum atomic E-state index is 12.9. The van der Waals surface area contributed by atoms with E-state index in [1.54, 1.807) is 18.2 Å². The van der Waals surface area contributed by atoms with Gasteiger partial charge in [0.15, 0.2) is 5.65 Å². The van der Waals surface area contributed by atoms with E-state index in [1.807, 2.05) is 6.92 Å². The summed E-state index contributed by atoms with van der Waals surface area (Å²) in [6, 6.07) is 6.57. The van der Waals surface area contributed by atoms with Crippen LogP contribution in [0.5, 0.6) is 0 Å². The molecule has 0 saturated carbocycles. The van der Waals surface area contributed by atoms with Crippen molar-refractivity contribution in [3.8, 4) is 0 Å². The van der Waals surface area contributed by atoms with E-state index in [0.717, 1.165) is 0 Å². The second-order valence-corrected chi connectivity index (χ2v) is 5.93. The highest BCUT2D eigenvalue weighted by Crippen LogP contribution is 2.15. The van der Waals surface area contributed by atoms with Crippen molar-refractivity contribution in [3.05, 3.63) is 57.4 Å². The van der Waals surface area contributed by atoms with E-state index >= 15 is 0 Å². The Balaban J connectivity index is 2.12. The smallest absolute Gasteiger partial charge is 0.337 e. The average Bonchev–Trinajstić information content (AvgIpc) is 2.87. The van der Waals surface area contributed by atoms with Crippen molar-refractivity contribution in [1.82, 2.24) is 19.1 Å². The van der Waals surface area contributed by atoms with Gasteiger partial charge in [-0.3, -0.25) is 9.13 Å². The third-order valence-electron chi connectivity index (χ3n) is 3.86. The van der Waals surface area contributed by atoms with Gasteiger partial charge in [0.2, 0.25) is 0 Å². The molecular weight excluding hydrogens is 360 g/mol. The van der Waals surface area contributed by atoms with E-state index in [4.69, 9.17) is 16.3 Å². The van der Waals surface area contributed by atoms with Crippen LogP contribution in [0.3, 0.4) is 0 Å². The van der Waals surface area contributed by atoms with Gasteiger partial charge in [-0.25, -0.2) is 19.6 Å². The Bertz CT molecular complexity index is 1010. The molecule has 0 aliphatic rings. The van der Waals surface area contributed by atoms with Crippen molar-refractivity contribution in [3.63, 3.8) is 0 Å².